The third kappa shape index (κ3) is 3.75. The third-order valence-corrected chi connectivity index (χ3v) is 5.00. The Morgan fingerprint density at radius 3 is 2.28 bits per heavy atom. The van der Waals surface area contributed by atoms with Gasteiger partial charge in [0.05, 0.1) is 5.92 Å². The maximum atomic E-state index is 12.9. The molecule has 0 saturated heterocycles. The first-order valence-electron chi connectivity index (χ1n) is 9.13. The molecule has 29 heavy (non-hydrogen) atoms. The van der Waals surface area contributed by atoms with Crippen molar-refractivity contribution in [1.82, 2.24) is 0 Å². The molecule has 2 atom stereocenters. The first-order valence-corrected chi connectivity index (χ1v) is 9.13. The molecule has 1 aliphatic rings. The van der Waals surface area contributed by atoms with Gasteiger partial charge in [0.2, 0.25) is 0 Å². The summed E-state index contributed by atoms with van der Waals surface area (Å²) >= 11 is 0. The van der Waals surface area contributed by atoms with Gasteiger partial charge in [0.15, 0.2) is 0 Å². The molecule has 2 N–H and O–H groups in total. The van der Waals surface area contributed by atoms with Crippen LogP contribution in [0.4, 0.5) is 0 Å². The van der Waals surface area contributed by atoms with Gasteiger partial charge in [0.1, 0.15) is 11.5 Å². The van der Waals surface area contributed by atoms with Crippen LogP contribution in [0.5, 0.6) is 11.5 Å². The Kier molecular flexibility index (Phi) is 4.87. The number of hydrogen-bond acceptors (Lipinski definition) is 4. The van der Waals surface area contributed by atoms with Crippen molar-refractivity contribution >= 4 is 18.0 Å². The predicted molar refractivity (Wildman–Crippen MR) is 108 cm³/mol. The number of benzene rings is 3. The summed E-state index contributed by atoms with van der Waals surface area (Å²) in [6.07, 6.45) is 2.60. The van der Waals surface area contributed by atoms with Crippen LogP contribution in [0.25, 0.3) is 6.08 Å². The smallest absolute Gasteiger partial charge is 0.328 e. The number of fused-ring (bicyclic) bond motifs is 1. The van der Waals surface area contributed by atoms with E-state index in [9.17, 15) is 14.7 Å². The molecule has 5 heteroatoms. The topological polar surface area (TPSA) is 83.8 Å². The van der Waals surface area contributed by atoms with Crippen LogP contribution in [0.1, 0.15) is 34.1 Å². The molecule has 0 saturated carbocycles. The number of phenolic OH excluding ortho intramolecular Hbond substituents is 1. The molecule has 0 fully saturated rings. The van der Waals surface area contributed by atoms with Crippen LogP contribution in [-0.2, 0) is 9.59 Å². The van der Waals surface area contributed by atoms with Gasteiger partial charge in [-0.15, -0.1) is 0 Å². The Labute approximate surface area is 167 Å². The van der Waals surface area contributed by atoms with Crippen molar-refractivity contribution in [2.45, 2.75) is 11.8 Å². The fourth-order valence-corrected chi connectivity index (χ4v) is 3.70. The predicted octanol–water partition coefficient (Wildman–Crippen LogP) is 4.32. The van der Waals surface area contributed by atoms with Gasteiger partial charge < -0.3 is 14.9 Å². The quantitative estimate of drug-likeness (QED) is 0.396. The van der Waals surface area contributed by atoms with Crippen molar-refractivity contribution in [1.29, 1.82) is 0 Å². The molecular formula is C24H18O5. The average molecular weight is 386 g/mol. The number of phenols is 1. The molecule has 5 nitrogen and oxygen atoms in total. The van der Waals surface area contributed by atoms with Gasteiger partial charge in [-0.3, -0.25) is 4.79 Å². The molecule has 3 aromatic rings. The fourth-order valence-electron chi connectivity index (χ4n) is 3.70. The molecule has 1 aliphatic heterocycles. The molecule has 0 bridgehead atoms. The number of ether oxygens (including phenoxy) is 1. The van der Waals surface area contributed by atoms with E-state index in [0.29, 0.717) is 5.75 Å². The van der Waals surface area contributed by atoms with Crippen LogP contribution >= 0.6 is 0 Å². The van der Waals surface area contributed by atoms with E-state index >= 15 is 0 Å². The lowest BCUT2D eigenvalue weighted by atomic mass is 9.75. The van der Waals surface area contributed by atoms with Gasteiger partial charge >= 0.3 is 11.9 Å². The normalized spacial score (nSPS) is 18.3. The van der Waals surface area contributed by atoms with Crippen LogP contribution in [0, 0.1) is 0 Å². The summed E-state index contributed by atoms with van der Waals surface area (Å²) < 4.78 is 5.54. The number of carboxylic acids is 1. The first kappa shape index (κ1) is 18.5. The van der Waals surface area contributed by atoms with Gasteiger partial charge in [-0.1, -0.05) is 60.7 Å². The average Bonchev–Trinajstić information content (AvgIpc) is 2.72. The van der Waals surface area contributed by atoms with Gasteiger partial charge in [-0.25, -0.2) is 4.79 Å². The number of aromatic hydroxyl groups is 1. The lowest BCUT2D eigenvalue weighted by Crippen LogP contribution is -2.30. The zero-order valence-corrected chi connectivity index (χ0v) is 15.4. The zero-order valence-electron chi connectivity index (χ0n) is 15.4. The number of aliphatic carboxylic acids is 1. The summed E-state index contributed by atoms with van der Waals surface area (Å²) in [6, 6.07) is 21.7. The van der Waals surface area contributed by atoms with Crippen LogP contribution < -0.4 is 4.74 Å². The van der Waals surface area contributed by atoms with E-state index < -0.39 is 11.9 Å². The highest BCUT2D eigenvalue weighted by Crippen LogP contribution is 2.47. The summed E-state index contributed by atoms with van der Waals surface area (Å²) in [5.41, 5.74) is 3.30. The van der Waals surface area contributed by atoms with Crippen molar-refractivity contribution in [3.05, 3.63) is 101 Å². The number of carbonyl (C=O) groups is 2. The van der Waals surface area contributed by atoms with Crippen LogP contribution in [0.2, 0.25) is 0 Å². The second-order valence-corrected chi connectivity index (χ2v) is 6.85. The molecule has 0 aromatic heterocycles. The minimum absolute atomic E-state index is 0.0302. The summed E-state index contributed by atoms with van der Waals surface area (Å²) in [5.74, 6) is -1.85. The second-order valence-electron chi connectivity index (χ2n) is 6.85. The lowest BCUT2D eigenvalue weighted by Gasteiger charge is -2.32. The van der Waals surface area contributed by atoms with Crippen molar-refractivity contribution < 1.29 is 24.5 Å². The maximum absolute atomic E-state index is 12.9. The van der Waals surface area contributed by atoms with Crippen LogP contribution in [-0.4, -0.2) is 22.2 Å². The fraction of sp³-hybridized carbons (Fsp3) is 0.0833. The summed E-state index contributed by atoms with van der Waals surface area (Å²) in [7, 11) is 0. The number of hydrogen-bond donors (Lipinski definition) is 2. The number of rotatable bonds is 4. The molecule has 1 heterocycles. The summed E-state index contributed by atoms with van der Waals surface area (Å²) in [5, 5.41) is 18.6. The maximum Gasteiger partial charge on any atom is 0.328 e. The summed E-state index contributed by atoms with van der Waals surface area (Å²) in [6.45, 7) is 0. The molecule has 4 rings (SSSR count). The van der Waals surface area contributed by atoms with E-state index in [1.807, 2.05) is 54.6 Å². The van der Waals surface area contributed by atoms with E-state index in [-0.39, 0.29) is 17.6 Å². The van der Waals surface area contributed by atoms with Gasteiger partial charge in [-0.05, 0) is 28.8 Å². The van der Waals surface area contributed by atoms with Gasteiger partial charge in [0, 0.05) is 23.6 Å². The third-order valence-electron chi connectivity index (χ3n) is 5.00. The molecule has 0 spiro atoms. The van der Waals surface area contributed by atoms with E-state index in [0.717, 1.165) is 28.3 Å². The highest BCUT2D eigenvalue weighted by molar-refractivity contribution is 5.86. The van der Waals surface area contributed by atoms with Gasteiger partial charge in [-0.2, -0.15) is 0 Å². The number of carboxylic acid groups (broad SMARTS) is 1. The molecule has 2 unspecified atom stereocenters. The number of carbonyl (C=O) groups excluding carboxylic acids is 1. The standard InChI is InChI=1S/C24H18O5/c25-18-11-12-19-20(14-18)29-24(28)23(16-4-2-1-3-5-16)22(19)17-9-6-15(7-10-17)8-13-21(26)27/h1-14,22-23,25H,(H,26,27)/b13-8+. The second kappa shape index (κ2) is 7.64. The van der Waals surface area contributed by atoms with E-state index in [2.05, 4.69) is 0 Å². The Morgan fingerprint density at radius 1 is 0.897 bits per heavy atom. The van der Waals surface area contributed by atoms with Gasteiger partial charge in [0.25, 0.3) is 0 Å². The molecule has 3 aromatic carbocycles. The van der Waals surface area contributed by atoms with E-state index in [1.165, 1.54) is 12.1 Å². The van der Waals surface area contributed by atoms with E-state index in [1.54, 1.807) is 12.1 Å². The minimum Gasteiger partial charge on any atom is -0.508 e. The van der Waals surface area contributed by atoms with E-state index in [4.69, 9.17) is 9.84 Å². The Balaban J connectivity index is 1.82. The molecular weight excluding hydrogens is 368 g/mol. The molecule has 0 radical (unpaired) electrons. The highest BCUT2D eigenvalue weighted by Gasteiger charge is 2.39. The molecule has 0 amide bonds. The monoisotopic (exact) mass is 386 g/mol. The summed E-state index contributed by atoms with van der Waals surface area (Å²) in [4.78, 5) is 23.6. The molecule has 0 aliphatic carbocycles. The lowest BCUT2D eigenvalue weighted by molar-refractivity contribution is -0.137. The zero-order chi connectivity index (χ0) is 20.4. The Bertz CT molecular complexity index is 1080. The SMILES string of the molecule is O=C(O)/C=C/c1ccc(C2c3ccc(O)cc3OC(=O)C2c2ccccc2)cc1. The number of esters is 1. The van der Waals surface area contributed by atoms with Crippen molar-refractivity contribution in [2.24, 2.45) is 0 Å². The first-order chi connectivity index (χ1) is 14.0. The van der Waals surface area contributed by atoms with Crippen molar-refractivity contribution in [3.63, 3.8) is 0 Å². The van der Waals surface area contributed by atoms with Crippen LogP contribution in [0.15, 0.2) is 78.9 Å². The Morgan fingerprint density at radius 2 is 1.59 bits per heavy atom. The van der Waals surface area contributed by atoms with Crippen LogP contribution in [0.3, 0.4) is 0 Å². The minimum atomic E-state index is -1.01. The molecule has 144 valence electrons. The Hall–Kier alpha value is -3.86. The largest absolute Gasteiger partial charge is 0.508 e. The highest BCUT2D eigenvalue weighted by atomic mass is 16.5. The van der Waals surface area contributed by atoms with Crippen molar-refractivity contribution in [3.8, 4) is 11.5 Å². The van der Waals surface area contributed by atoms with Crippen molar-refractivity contribution in [2.75, 3.05) is 0 Å².